The molecular weight excluding hydrogens is 263 g/mol. The molecule has 0 aliphatic rings. The molecule has 0 aromatic rings. The molecular formula is C5H12N2O2S2Se. The van der Waals surface area contributed by atoms with Crippen LogP contribution in [0.5, 0.6) is 0 Å². The first-order valence-electron chi connectivity index (χ1n) is 2.95. The summed E-state index contributed by atoms with van der Waals surface area (Å²) in [6.07, 6.45) is 0.965. The molecule has 0 saturated carbocycles. The van der Waals surface area contributed by atoms with Crippen LogP contribution in [0.2, 0.25) is 0 Å². The number of primary amides is 1. The van der Waals surface area contributed by atoms with Crippen molar-refractivity contribution in [1.29, 1.82) is 0 Å². The predicted octanol–water partition coefficient (Wildman–Crippen LogP) is 0.650. The summed E-state index contributed by atoms with van der Waals surface area (Å²) in [7, 11) is 0. The summed E-state index contributed by atoms with van der Waals surface area (Å²) in [5, 5.41) is 1.63. The fourth-order valence-electron chi connectivity index (χ4n) is 0.232. The van der Waals surface area contributed by atoms with E-state index in [4.69, 9.17) is 4.79 Å². The molecule has 7 heteroatoms. The van der Waals surface area contributed by atoms with E-state index in [0.29, 0.717) is 0 Å². The molecule has 2 radical (unpaired) electrons. The largest absolute Gasteiger partial charge is 0.361 e. The summed E-state index contributed by atoms with van der Waals surface area (Å²) >= 11 is 6.59. The zero-order valence-corrected chi connectivity index (χ0v) is 10.1. The van der Waals surface area contributed by atoms with E-state index in [-0.39, 0.29) is 22.3 Å². The Kier molecular flexibility index (Phi) is 20.7. The van der Waals surface area contributed by atoms with Gasteiger partial charge in [-0.05, 0) is 6.42 Å². The summed E-state index contributed by atoms with van der Waals surface area (Å²) < 4.78 is 0. The molecule has 0 unspecified atom stereocenters. The third-order valence-corrected chi connectivity index (χ3v) is 0.684. The van der Waals surface area contributed by atoms with Crippen molar-refractivity contribution in [2.45, 2.75) is 13.3 Å². The topological polar surface area (TPSA) is 72.2 Å². The second kappa shape index (κ2) is 13.7. The normalized spacial score (nSPS) is 6.92. The summed E-state index contributed by atoms with van der Waals surface area (Å²) in [5.74, 6) is 0. The van der Waals surface area contributed by atoms with Crippen LogP contribution in [-0.4, -0.2) is 34.1 Å². The van der Waals surface area contributed by atoms with Crippen molar-refractivity contribution in [2.24, 2.45) is 5.73 Å². The molecule has 0 saturated heterocycles. The van der Waals surface area contributed by atoms with Gasteiger partial charge in [0, 0.05) is 23.6 Å². The molecule has 0 aliphatic carbocycles. The maximum absolute atomic E-state index is 9.96. The maximum Gasteiger partial charge on any atom is 0.275 e. The Hall–Kier alpha value is 0.159. The van der Waals surface area contributed by atoms with Gasteiger partial charge >= 0.3 is 0 Å². The molecule has 0 rings (SSSR count). The minimum atomic E-state index is -0.639. The van der Waals surface area contributed by atoms with Gasteiger partial charge in [-0.2, -0.15) is 0 Å². The van der Waals surface area contributed by atoms with Crippen LogP contribution in [0.3, 0.4) is 0 Å². The minimum Gasteiger partial charge on any atom is -0.361 e. The molecule has 3 N–H and O–H groups in total. The third kappa shape index (κ3) is 49.3. The van der Waals surface area contributed by atoms with Gasteiger partial charge in [-0.1, -0.05) is 32.2 Å². The van der Waals surface area contributed by atoms with E-state index in [0.717, 1.165) is 13.0 Å². The van der Waals surface area contributed by atoms with E-state index in [1.807, 2.05) is 6.92 Å². The van der Waals surface area contributed by atoms with E-state index in [1.165, 1.54) is 0 Å². The zero-order valence-electron chi connectivity index (χ0n) is 6.61. The van der Waals surface area contributed by atoms with Crippen molar-refractivity contribution < 1.29 is 9.59 Å². The van der Waals surface area contributed by atoms with Gasteiger partial charge in [0.15, 0.2) is 0 Å². The second-order valence-electron chi connectivity index (χ2n) is 1.57. The van der Waals surface area contributed by atoms with Crippen LogP contribution in [0.25, 0.3) is 0 Å². The van der Waals surface area contributed by atoms with E-state index < -0.39 is 5.24 Å². The van der Waals surface area contributed by atoms with Gasteiger partial charge in [0.05, 0.1) is 0 Å². The molecule has 72 valence electrons. The molecule has 0 aliphatic heterocycles. The molecule has 0 aromatic heterocycles. The number of nitrogens with one attached hydrogen (secondary N) is 1. The van der Waals surface area contributed by atoms with Crippen molar-refractivity contribution in [3.8, 4) is 0 Å². The number of carbonyl (C=O) groups is 2. The van der Waals surface area contributed by atoms with Crippen LogP contribution in [0.4, 0.5) is 9.59 Å². The summed E-state index contributed by atoms with van der Waals surface area (Å²) in [6.45, 7) is 2.71. The maximum atomic E-state index is 9.96. The van der Waals surface area contributed by atoms with E-state index in [1.54, 1.807) is 0 Å². The van der Waals surface area contributed by atoms with E-state index >= 15 is 0 Å². The molecule has 0 fully saturated rings. The van der Waals surface area contributed by atoms with Crippen LogP contribution in [-0.2, 0) is 0 Å². The van der Waals surface area contributed by atoms with Crippen molar-refractivity contribution in [1.82, 2.24) is 5.32 Å². The van der Waals surface area contributed by atoms with Crippen molar-refractivity contribution >= 4 is 52.8 Å². The van der Waals surface area contributed by atoms with Gasteiger partial charge in [-0.3, -0.25) is 9.59 Å². The number of thiol groups is 2. The molecule has 0 spiro atoms. The first kappa shape index (κ1) is 18.0. The fraction of sp³-hybridized carbons (Fsp3) is 0.600. The van der Waals surface area contributed by atoms with Gasteiger partial charge < -0.3 is 11.1 Å². The van der Waals surface area contributed by atoms with Crippen molar-refractivity contribution in [3.05, 3.63) is 0 Å². The standard InChI is InChI=1S/C4H9NOS.CH3NOS.Se/c1-2-3-5-4(6)7;2-1(3)4;/h2-3H2,1H3,(H2,5,6,7);(H3,2,3,4);. The number of rotatable bonds is 2. The number of amides is 2. The molecule has 0 bridgehead atoms. The van der Waals surface area contributed by atoms with Crippen LogP contribution in [0.15, 0.2) is 0 Å². The molecule has 12 heavy (non-hydrogen) atoms. The summed E-state index contributed by atoms with van der Waals surface area (Å²) in [6, 6.07) is 0. The SMILES string of the molecule is CCCNC(=O)S.NC(=O)S.[Se]. The average molecular weight is 275 g/mol. The molecule has 2 amide bonds. The van der Waals surface area contributed by atoms with Gasteiger partial charge in [0.1, 0.15) is 0 Å². The number of carbonyl (C=O) groups excluding carboxylic acids is 2. The average Bonchev–Trinajstić information content (AvgIpc) is 1.82. The van der Waals surface area contributed by atoms with Gasteiger partial charge in [-0.25, -0.2) is 0 Å². The number of hydrogen-bond acceptors (Lipinski definition) is 2. The molecule has 4 nitrogen and oxygen atoms in total. The quantitative estimate of drug-likeness (QED) is 0.441. The first-order valence-corrected chi connectivity index (χ1v) is 3.85. The Morgan fingerprint density at radius 3 is 1.83 bits per heavy atom. The second-order valence-corrected chi connectivity index (χ2v) is 2.42. The van der Waals surface area contributed by atoms with Gasteiger partial charge in [0.2, 0.25) is 0 Å². The van der Waals surface area contributed by atoms with E-state index in [2.05, 4.69) is 36.3 Å². The third-order valence-electron chi connectivity index (χ3n) is 0.526. The van der Waals surface area contributed by atoms with Crippen LogP contribution < -0.4 is 11.1 Å². The van der Waals surface area contributed by atoms with Crippen molar-refractivity contribution in [2.75, 3.05) is 6.54 Å². The Morgan fingerprint density at radius 2 is 1.75 bits per heavy atom. The number of hydrogen-bond donors (Lipinski definition) is 4. The van der Waals surface area contributed by atoms with Crippen LogP contribution in [0.1, 0.15) is 13.3 Å². The Balaban J connectivity index is -0.000000142. The summed E-state index contributed by atoms with van der Waals surface area (Å²) in [5.41, 5.74) is 4.34. The molecule has 0 atom stereocenters. The molecule has 0 heterocycles. The van der Waals surface area contributed by atoms with E-state index in [9.17, 15) is 4.79 Å². The smallest absolute Gasteiger partial charge is 0.275 e. The monoisotopic (exact) mass is 276 g/mol. The van der Waals surface area contributed by atoms with Gasteiger partial charge in [0.25, 0.3) is 10.5 Å². The first-order chi connectivity index (χ1) is 5.00. The Bertz CT molecular complexity index is 131. The van der Waals surface area contributed by atoms with Crippen LogP contribution in [0, 0.1) is 0 Å². The minimum absolute atomic E-state index is 0. The Morgan fingerprint density at radius 1 is 1.42 bits per heavy atom. The zero-order chi connectivity index (χ0) is 9.28. The fourth-order valence-corrected chi connectivity index (χ4v) is 0.344. The summed E-state index contributed by atoms with van der Waals surface area (Å²) in [4.78, 5) is 19.0. The molecule has 0 aromatic carbocycles. The predicted molar refractivity (Wildman–Crippen MR) is 57.0 cm³/mol. The Labute approximate surface area is 93.3 Å². The number of nitrogens with two attached hydrogens (primary N) is 1. The van der Waals surface area contributed by atoms with Crippen molar-refractivity contribution in [3.63, 3.8) is 0 Å². The van der Waals surface area contributed by atoms with Crippen LogP contribution >= 0.6 is 25.3 Å². The van der Waals surface area contributed by atoms with Gasteiger partial charge in [-0.15, -0.1) is 0 Å².